The smallest absolute Gasteiger partial charge is 0.255 e. The van der Waals surface area contributed by atoms with Crippen LogP contribution in [0.25, 0.3) is 0 Å². The van der Waals surface area contributed by atoms with Crippen LogP contribution >= 0.6 is 27.5 Å². The number of benzene rings is 2. The lowest BCUT2D eigenvalue weighted by Gasteiger charge is -2.09. The van der Waals surface area contributed by atoms with Gasteiger partial charge in [-0.1, -0.05) is 11.6 Å². The summed E-state index contributed by atoms with van der Waals surface area (Å²) in [5, 5.41) is 3.32. The van der Waals surface area contributed by atoms with Crippen LogP contribution in [0.15, 0.2) is 40.9 Å². The third-order valence-electron chi connectivity index (χ3n) is 2.62. The zero-order valence-electron chi connectivity index (χ0n) is 10.0. The summed E-state index contributed by atoms with van der Waals surface area (Å²) < 4.78 is 13.7. The third-order valence-corrected chi connectivity index (χ3v) is 3.50. The zero-order chi connectivity index (χ0) is 14.0. The van der Waals surface area contributed by atoms with Crippen molar-refractivity contribution >= 4 is 39.1 Å². The molecule has 0 spiro atoms. The van der Waals surface area contributed by atoms with Gasteiger partial charge in [0.05, 0.1) is 4.47 Å². The zero-order valence-corrected chi connectivity index (χ0v) is 12.3. The van der Waals surface area contributed by atoms with Gasteiger partial charge in [-0.15, -0.1) is 0 Å². The molecular formula is C14H10BrClFNO. The molecule has 0 saturated heterocycles. The molecule has 1 amide bonds. The van der Waals surface area contributed by atoms with Crippen LogP contribution in [0.3, 0.4) is 0 Å². The first-order valence-corrected chi connectivity index (χ1v) is 6.67. The van der Waals surface area contributed by atoms with E-state index in [9.17, 15) is 9.18 Å². The predicted molar refractivity (Wildman–Crippen MR) is 78.2 cm³/mol. The maximum atomic E-state index is 13.4. The number of halogens is 3. The van der Waals surface area contributed by atoms with Gasteiger partial charge < -0.3 is 5.32 Å². The molecule has 0 aliphatic rings. The summed E-state index contributed by atoms with van der Waals surface area (Å²) in [7, 11) is 0. The first-order chi connectivity index (χ1) is 8.97. The third kappa shape index (κ3) is 3.33. The predicted octanol–water partition coefficient (Wildman–Crippen LogP) is 4.80. The van der Waals surface area contributed by atoms with Gasteiger partial charge >= 0.3 is 0 Å². The highest BCUT2D eigenvalue weighted by Crippen LogP contribution is 2.21. The molecule has 0 aromatic heterocycles. The van der Waals surface area contributed by atoms with Crippen LogP contribution < -0.4 is 5.32 Å². The van der Waals surface area contributed by atoms with E-state index in [1.54, 1.807) is 24.3 Å². The van der Waals surface area contributed by atoms with Gasteiger partial charge in [-0.3, -0.25) is 4.79 Å². The van der Waals surface area contributed by atoms with E-state index in [-0.39, 0.29) is 11.5 Å². The summed E-state index contributed by atoms with van der Waals surface area (Å²) >= 11 is 8.88. The van der Waals surface area contributed by atoms with Crippen molar-refractivity contribution < 1.29 is 9.18 Å². The average molecular weight is 343 g/mol. The van der Waals surface area contributed by atoms with Crippen molar-refractivity contribution in [3.05, 3.63) is 62.8 Å². The minimum atomic E-state index is -0.472. The van der Waals surface area contributed by atoms with Crippen molar-refractivity contribution in [1.82, 2.24) is 0 Å². The van der Waals surface area contributed by atoms with Gasteiger partial charge in [0.15, 0.2) is 0 Å². The van der Waals surface area contributed by atoms with Gasteiger partial charge in [-0.2, -0.15) is 0 Å². The van der Waals surface area contributed by atoms with Crippen LogP contribution in [0.1, 0.15) is 15.9 Å². The molecule has 0 heterocycles. The van der Waals surface area contributed by atoms with Crippen molar-refractivity contribution in [3.63, 3.8) is 0 Å². The molecule has 2 rings (SSSR count). The molecule has 0 radical (unpaired) electrons. The van der Waals surface area contributed by atoms with Gasteiger partial charge in [0, 0.05) is 16.3 Å². The van der Waals surface area contributed by atoms with Crippen LogP contribution in [-0.4, -0.2) is 5.91 Å². The van der Waals surface area contributed by atoms with E-state index in [4.69, 9.17) is 11.6 Å². The van der Waals surface area contributed by atoms with Gasteiger partial charge in [0.1, 0.15) is 5.82 Å². The minimum absolute atomic E-state index is 0.259. The summed E-state index contributed by atoms with van der Waals surface area (Å²) in [6.07, 6.45) is 0. The summed E-state index contributed by atoms with van der Waals surface area (Å²) in [4.78, 5) is 12.0. The average Bonchev–Trinajstić information content (AvgIpc) is 2.36. The number of rotatable bonds is 2. The number of anilines is 1. The molecule has 0 aliphatic heterocycles. The van der Waals surface area contributed by atoms with Crippen molar-refractivity contribution in [2.75, 3.05) is 5.32 Å². The maximum Gasteiger partial charge on any atom is 0.255 e. The number of carbonyl (C=O) groups excluding carboxylic acids is 1. The van der Waals surface area contributed by atoms with Gasteiger partial charge in [0.2, 0.25) is 0 Å². The fraction of sp³-hybridized carbons (Fsp3) is 0.0714. The van der Waals surface area contributed by atoms with Gasteiger partial charge in [-0.25, -0.2) is 4.39 Å². The Balaban J connectivity index is 2.23. The molecule has 0 unspecified atom stereocenters. The SMILES string of the molecule is Cc1cc(Cl)ccc1NC(=O)c1ccc(Br)c(F)c1. The van der Waals surface area contributed by atoms with Crippen molar-refractivity contribution in [2.45, 2.75) is 6.92 Å². The van der Waals surface area contributed by atoms with E-state index in [2.05, 4.69) is 21.2 Å². The lowest BCUT2D eigenvalue weighted by molar-refractivity contribution is 0.102. The molecular weight excluding hydrogens is 333 g/mol. The molecule has 0 bridgehead atoms. The summed E-state index contributed by atoms with van der Waals surface area (Å²) in [5.74, 6) is -0.836. The van der Waals surface area contributed by atoms with Crippen LogP contribution in [0.5, 0.6) is 0 Å². The van der Waals surface area contributed by atoms with E-state index in [0.717, 1.165) is 5.56 Å². The number of aryl methyl sites for hydroxylation is 1. The molecule has 98 valence electrons. The van der Waals surface area contributed by atoms with E-state index in [1.165, 1.54) is 12.1 Å². The number of nitrogens with one attached hydrogen (secondary N) is 1. The Labute approximate surface area is 123 Å². The topological polar surface area (TPSA) is 29.1 Å². The fourth-order valence-corrected chi connectivity index (χ4v) is 2.07. The summed E-state index contributed by atoms with van der Waals surface area (Å²) in [6, 6.07) is 9.38. The Morgan fingerprint density at radius 1 is 1.26 bits per heavy atom. The quantitative estimate of drug-likeness (QED) is 0.834. The van der Waals surface area contributed by atoms with E-state index in [0.29, 0.717) is 15.2 Å². The molecule has 0 atom stereocenters. The Morgan fingerprint density at radius 3 is 2.63 bits per heavy atom. The van der Waals surface area contributed by atoms with Crippen molar-refractivity contribution in [2.24, 2.45) is 0 Å². The Morgan fingerprint density at radius 2 is 2.00 bits per heavy atom. The highest BCUT2D eigenvalue weighted by Gasteiger charge is 2.10. The van der Waals surface area contributed by atoms with Gasteiger partial charge in [-0.05, 0) is 64.8 Å². The van der Waals surface area contributed by atoms with E-state index in [1.807, 2.05) is 6.92 Å². The second-order valence-corrected chi connectivity index (χ2v) is 5.33. The maximum absolute atomic E-state index is 13.4. The lowest BCUT2D eigenvalue weighted by atomic mass is 10.1. The van der Waals surface area contributed by atoms with Crippen LogP contribution in [0, 0.1) is 12.7 Å². The number of hydrogen-bond donors (Lipinski definition) is 1. The molecule has 5 heteroatoms. The minimum Gasteiger partial charge on any atom is -0.322 e. The second-order valence-electron chi connectivity index (χ2n) is 4.04. The molecule has 2 nitrogen and oxygen atoms in total. The Hall–Kier alpha value is -1.39. The molecule has 2 aromatic carbocycles. The Bertz CT molecular complexity index is 645. The van der Waals surface area contributed by atoms with Crippen molar-refractivity contribution in [1.29, 1.82) is 0 Å². The van der Waals surface area contributed by atoms with Crippen LogP contribution in [-0.2, 0) is 0 Å². The first-order valence-electron chi connectivity index (χ1n) is 5.50. The van der Waals surface area contributed by atoms with Crippen molar-refractivity contribution in [3.8, 4) is 0 Å². The largest absolute Gasteiger partial charge is 0.322 e. The normalized spacial score (nSPS) is 10.3. The monoisotopic (exact) mass is 341 g/mol. The molecule has 2 aromatic rings. The summed E-state index contributed by atoms with van der Waals surface area (Å²) in [5.41, 5.74) is 1.76. The lowest BCUT2D eigenvalue weighted by Crippen LogP contribution is -2.13. The fourth-order valence-electron chi connectivity index (χ4n) is 1.60. The molecule has 0 aliphatic carbocycles. The number of hydrogen-bond acceptors (Lipinski definition) is 1. The second kappa shape index (κ2) is 5.72. The molecule has 19 heavy (non-hydrogen) atoms. The van der Waals surface area contributed by atoms with Gasteiger partial charge in [0.25, 0.3) is 5.91 Å². The first kappa shape index (κ1) is 14.0. The van der Waals surface area contributed by atoms with Crippen LogP contribution in [0.4, 0.5) is 10.1 Å². The summed E-state index contributed by atoms with van der Waals surface area (Å²) in [6.45, 7) is 1.84. The Kier molecular flexibility index (Phi) is 4.22. The highest BCUT2D eigenvalue weighted by molar-refractivity contribution is 9.10. The molecule has 0 saturated carbocycles. The van der Waals surface area contributed by atoms with E-state index < -0.39 is 5.82 Å². The van der Waals surface area contributed by atoms with Crippen LogP contribution in [0.2, 0.25) is 5.02 Å². The number of amides is 1. The molecule has 1 N–H and O–H groups in total. The standard InChI is InChI=1S/C14H10BrClFNO/c1-8-6-10(16)3-5-13(8)18-14(19)9-2-4-11(15)12(17)7-9/h2-7H,1H3,(H,18,19). The molecule has 0 fully saturated rings. The highest BCUT2D eigenvalue weighted by atomic mass is 79.9. The van der Waals surface area contributed by atoms with E-state index >= 15 is 0 Å². The number of carbonyl (C=O) groups is 1.